The highest BCUT2D eigenvalue weighted by Gasteiger charge is 2.28. The number of sulfonamides is 1. The normalized spacial score (nSPS) is 22.6. The highest BCUT2D eigenvalue weighted by Crippen LogP contribution is 2.26. The van der Waals surface area contributed by atoms with E-state index < -0.39 is 10.0 Å². The van der Waals surface area contributed by atoms with Crippen LogP contribution >= 0.6 is 15.9 Å². The lowest BCUT2D eigenvalue weighted by molar-refractivity contribution is 0.258. The first-order valence-electron chi connectivity index (χ1n) is 6.32. The molecule has 19 heavy (non-hydrogen) atoms. The molecule has 2 atom stereocenters. The van der Waals surface area contributed by atoms with Gasteiger partial charge in [0.05, 0.1) is 6.26 Å². The molecule has 0 amide bonds. The Morgan fingerprint density at radius 2 is 2.21 bits per heavy atom. The molecule has 106 valence electrons. The summed E-state index contributed by atoms with van der Waals surface area (Å²) in [5, 5.41) is 0. The molecule has 0 bridgehead atoms. The number of nitrogens with one attached hydrogen (secondary N) is 1. The van der Waals surface area contributed by atoms with Crippen LogP contribution < -0.4 is 4.72 Å². The summed E-state index contributed by atoms with van der Waals surface area (Å²) < 4.78 is 26.2. The second kappa shape index (κ2) is 5.91. The second-order valence-corrected chi connectivity index (χ2v) is 7.80. The molecule has 4 nitrogen and oxygen atoms in total. The smallest absolute Gasteiger partial charge is 0.208 e. The SMILES string of the molecule is C[C@@H](c1cccc(Br)c1)N1CC[C@@H](NS(C)(=O)=O)C1. The first-order chi connectivity index (χ1) is 8.85. The third-order valence-corrected chi connectivity index (χ3v) is 4.73. The molecule has 0 unspecified atom stereocenters. The predicted octanol–water partition coefficient (Wildman–Crippen LogP) is 2.13. The first-order valence-corrected chi connectivity index (χ1v) is 9.00. The zero-order valence-corrected chi connectivity index (χ0v) is 13.5. The number of hydrogen-bond acceptors (Lipinski definition) is 3. The van der Waals surface area contributed by atoms with Gasteiger partial charge in [0.15, 0.2) is 0 Å². The molecule has 0 aromatic heterocycles. The van der Waals surface area contributed by atoms with Gasteiger partial charge in [0, 0.05) is 29.6 Å². The van der Waals surface area contributed by atoms with Gasteiger partial charge in [-0.05, 0) is 31.0 Å². The van der Waals surface area contributed by atoms with Crippen LogP contribution in [0.2, 0.25) is 0 Å². The maximum atomic E-state index is 11.2. The van der Waals surface area contributed by atoms with E-state index in [4.69, 9.17) is 0 Å². The van der Waals surface area contributed by atoms with E-state index in [2.05, 4.69) is 44.6 Å². The van der Waals surface area contributed by atoms with E-state index in [1.54, 1.807) is 0 Å². The topological polar surface area (TPSA) is 49.4 Å². The summed E-state index contributed by atoms with van der Waals surface area (Å²) in [5.74, 6) is 0. The predicted molar refractivity (Wildman–Crippen MR) is 80.5 cm³/mol. The van der Waals surface area contributed by atoms with Crippen molar-refractivity contribution in [2.75, 3.05) is 19.3 Å². The maximum Gasteiger partial charge on any atom is 0.208 e. The molecular formula is C13H19BrN2O2S. The standard InChI is InChI=1S/C13H19BrN2O2S/c1-10(11-4-3-5-12(14)8-11)16-7-6-13(9-16)15-19(2,17)18/h3-5,8,10,13,15H,6-7,9H2,1-2H3/t10-,13+/m0/s1. The van der Waals surface area contributed by atoms with E-state index in [0.717, 1.165) is 24.0 Å². The molecule has 1 saturated heterocycles. The molecule has 1 aromatic rings. The molecule has 6 heteroatoms. The Hall–Kier alpha value is -0.430. The molecule has 1 aromatic carbocycles. The third kappa shape index (κ3) is 4.27. The van der Waals surface area contributed by atoms with Gasteiger partial charge in [-0.15, -0.1) is 0 Å². The second-order valence-electron chi connectivity index (χ2n) is 5.10. The molecule has 0 aliphatic carbocycles. The van der Waals surface area contributed by atoms with E-state index in [9.17, 15) is 8.42 Å². The first kappa shape index (κ1) is 15.0. The van der Waals surface area contributed by atoms with Crippen molar-refractivity contribution in [3.8, 4) is 0 Å². The van der Waals surface area contributed by atoms with E-state index in [-0.39, 0.29) is 6.04 Å². The minimum Gasteiger partial charge on any atom is -0.295 e. The lowest BCUT2D eigenvalue weighted by Gasteiger charge is -2.25. The minimum atomic E-state index is -3.11. The van der Waals surface area contributed by atoms with Crippen LogP contribution in [-0.2, 0) is 10.0 Å². The quantitative estimate of drug-likeness (QED) is 0.908. The van der Waals surface area contributed by atoms with Crippen molar-refractivity contribution in [2.45, 2.75) is 25.4 Å². The molecule has 1 aliphatic heterocycles. The number of likely N-dealkylation sites (tertiary alicyclic amines) is 1. The number of rotatable bonds is 4. The molecular weight excluding hydrogens is 328 g/mol. The molecule has 1 aliphatic rings. The van der Waals surface area contributed by atoms with Crippen molar-refractivity contribution in [3.05, 3.63) is 34.3 Å². The summed E-state index contributed by atoms with van der Waals surface area (Å²) in [6.07, 6.45) is 2.08. The third-order valence-electron chi connectivity index (χ3n) is 3.48. The largest absolute Gasteiger partial charge is 0.295 e. The summed E-state index contributed by atoms with van der Waals surface area (Å²) in [6, 6.07) is 8.58. The maximum absolute atomic E-state index is 11.2. The molecule has 1 fully saturated rings. The van der Waals surface area contributed by atoms with E-state index >= 15 is 0 Å². The zero-order chi connectivity index (χ0) is 14.0. The fourth-order valence-corrected chi connectivity index (χ4v) is 3.73. The van der Waals surface area contributed by atoms with Crippen molar-refractivity contribution in [1.82, 2.24) is 9.62 Å². The van der Waals surface area contributed by atoms with Crippen LogP contribution in [0.4, 0.5) is 0 Å². The van der Waals surface area contributed by atoms with Crippen molar-refractivity contribution < 1.29 is 8.42 Å². The van der Waals surface area contributed by atoms with Crippen LogP contribution in [0.15, 0.2) is 28.7 Å². The average molecular weight is 347 g/mol. The van der Waals surface area contributed by atoms with Gasteiger partial charge in [-0.2, -0.15) is 0 Å². The Labute approximate surface area is 123 Å². The number of benzene rings is 1. The fraction of sp³-hybridized carbons (Fsp3) is 0.538. The zero-order valence-electron chi connectivity index (χ0n) is 11.1. The van der Waals surface area contributed by atoms with Crippen LogP contribution in [0.1, 0.15) is 24.9 Å². The molecule has 1 N–H and O–H groups in total. The van der Waals surface area contributed by atoms with Crippen LogP contribution in [0.25, 0.3) is 0 Å². The Morgan fingerprint density at radius 3 is 2.84 bits per heavy atom. The van der Waals surface area contributed by atoms with E-state index in [1.165, 1.54) is 11.8 Å². The number of halogens is 1. The van der Waals surface area contributed by atoms with Gasteiger partial charge in [-0.1, -0.05) is 28.1 Å². The minimum absolute atomic E-state index is 0.0320. The lowest BCUT2D eigenvalue weighted by Crippen LogP contribution is -2.36. The summed E-state index contributed by atoms with van der Waals surface area (Å²) in [5.41, 5.74) is 1.24. The fourth-order valence-electron chi connectivity index (χ4n) is 2.52. The average Bonchev–Trinajstić information content (AvgIpc) is 2.74. The van der Waals surface area contributed by atoms with E-state index in [1.807, 2.05) is 12.1 Å². The van der Waals surface area contributed by atoms with Gasteiger partial charge in [0.2, 0.25) is 10.0 Å². The summed E-state index contributed by atoms with van der Waals surface area (Å²) in [6.45, 7) is 3.84. The van der Waals surface area contributed by atoms with Crippen LogP contribution in [0, 0.1) is 0 Å². The molecule has 0 radical (unpaired) electrons. The Morgan fingerprint density at radius 1 is 1.47 bits per heavy atom. The van der Waals surface area contributed by atoms with Crippen LogP contribution in [0.3, 0.4) is 0 Å². The summed E-state index contributed by atoms with van der Waals surface area (Å²) in [4.78, 5) is 2.31. The Balaban J connectivity index is 2.01. The van der Waals surface area contributed by atoms with Crippen molar-refractivity contribution in [3.63, 3.8) is 0 Å². The van der Waals surface area contributed by atoms with Gasteiger partial charge in [-0.3, -0.25) is 4.90 Å². The van der Waals surface area contributed by atoms with Crippen LogP contribution in [0.5, 0.6) is 0 Å². The highest BCUT2D eigenvalue weighted by atomic mass is 79.9. The van der Waals surface area contributed by atoms with Gasteiger partial charge in [0.1, 0.15) is 0 Å². The number of hydrogen-bond donors (Lipinski definition) is 1. The molecule has 1 heterocycles. The van der Waals surface area contributed by atoms with Gasteiger partial charge < -0.3 is 0 Å². The monoisotopic (exact) mass is 346 g/mol. The highest BCUT2D eigenvalue weighted by molar-refractivity contribution is 9.10. The van der Waals surface area contributed by atoms with Crippen molar-refractivity contribution >= 4 is 26.0 Å². The molecule has 0 spiro atoms. The van der Waals surface area contributed by atoms with Gasteiger partial charge in [-0.25, -0.2) is 13.1 Å². The Bertz CT molecular complexity index is 547. The number of nitrogens with zero attached hydrogens (tertiary/aromatic N) is 1. The summed E-state index contributed by atoms with van der Waals surface area (Å²) >= 11 is 3.48. The van der Waals surface area contributed by atoms with Gasteiger partial charge >= 0.3 is 0 Å². The van der Waals surface area contributed by atoms with E-state index in [0.29, 0.717) is 6.04 Å². The van der Waals surface area contributed by atoms with Gasteiger partial charge in [0.25, 0.3) is 0 Å². The summed E-state index contributed by atoms with van der Waals surface area (Å²) in [7, 11) is -3.11. The molecule has 0 saturated carbocycles. The lowest BCUT2D eigenvalue weighted by atomic mass is 10.1. The Kier molecular flexibility index (Phi) is 4.66. The van der Waals surface area contributed by atoms with Crippen molar-refractivity contribution in [1.29, 1.82) is 0 Å². The van der Waals surface area contributed by atoms with Crippen molar-refractivity contribution in [2.24, 2.45) is 0 Å². The molecule has 2 rings (SSSR count). The van der Waals surface area contributed by atoms with Crippen LogP contribution in [-0.4, -0.2) is 38.7 Å².